The van der Waals surface area contributed by atoms with E-state index in [1.807, 2.05) is 12.1 Å². The summed E-state index contributed by atoms with van der Waals surface area (Å²) in [5.74, 6) is 2.02. The Morgan fingerprint density at radius 1 is 0.696 bits per heavy atom. The molecule has 9 heteroatoms. The first-order valence-corrected chi connectivity index (χ1v) is 6.70. The van der Waals surface area contributed by atoms with Gasteiger partial charge in [0.15, 0.2) is 11.6 Å². The molecule has 4 heterocycles. The summed E-state index contributed by atoms with van der Waals surface area (Å²) >= 11 is 0. The minimum Gasteiger partial charge on any atom is -0.421 e. The second-order valence-corrected chi connectivity index (χ2v) is 4.45. The number of nitrogens with zero attached hydrogens (tertiary/aromatic N) is 8. The summed E-state index contributed by atoms with van der Waals surface area (Å²) in [6, 6.07) is 10.7. The molecule has 0 aromatic carbocycles. The van der Waals surface area contributed by atoms with E-state index in [0.29, 0.717) is 23.4 Å². The summed E-state index contributed by atoms with van der Waals surface area (Å²) in [5.41, 5.74) is 0. The van der Waals surface area contributed by atoms with Gasteiger partial charge in [-0.15, -0.1) is 0 Å². The number of hydrogen-bond donors (Lipinski definition) is 0. The first-order chi connectivity index (χ1) is 11.4. The van der Waals surface area contributed by atoms with Crippen LogP contribution in [0.1, 0.15) is 0 Å². The van der Waals surface area contributed by atoms with E-state index in [1.54, 1.807) is 46.3 Å². The van der Waals surface area contributed by atoms with Crippen LogP contribution in [0.25, 0.3) is 11.6 Å². The molecular weight excluding hydrogens is 296 g/mol. The van der Waals surface area contributed by atoms with E-state index in [-0.39, 0.29) is 0 Å². The highest BCUT2D eigenvalue weighted by atomic mass is 16.5. The Labute approximate surface area is 130 Å². The molecule has 4 aromatic rings. The monoisotopic (exact) mass is 306 g/mol. The van der Waals surface area contributed by atoms with Gasteiger partial charge < -0.3 is 4.74 Å². The van der Waals surface area contributed by atoms with Crippen LogP contribution in [0.15, 0.2) is 61.7 Å². The first kappa shape index (κ1) is 13.1. The van der Waals surface area contributed by atoms with Crippen molar-refractivity contribution in [3.8, 4) is 23.4 Å². The van der Waals surface area contributed by atoms with Gasteiger partial charge in [-0.3, -0.25) is 0 Å². The van der Waals surface area contributed by atoms with E-state index < -0.39 is 0 Å². The number of hydrogen-bond acceptors (Lipinski definition) is 7. The minimum absolute atomic E-state index is 0.404. The molecule has 0 unspecified atom stereocenters. The third kappa shape index (κ3) is 2.75. The molecule has 0 atom stereocenters. The lowest BCUT2D eigenvalue weighted by molar-refractivity contribution is 0.442. The van der Waals surface area contributed by atoms with Gasteiger partial charge in [0.1, 0.15) is 25.3 Å². The van der Waals surface area contributed by atoms with Crippen molar-refractivity contribution in [3.63, 3.8) is 0 Å². The first-order valence-electron chi connectivity index (χ1n) is 6.70. The molecule has 0 aliphatic carbocycles. The van der Waals surface area contributed by atoms with E-state index in [4.69, 9.17) is 4.74 Å². The van der Waals surface area contributed by atoms with Crippen LogP contribution in [-0.4, -0.2) is 39.5 Å². The van der Waals surface area contributed by atoms with Crippen molar-refractivity contribution in [2.45, 2.75) is 0 Å². The quantitative estimate of drug-likeness (QED) is 0.562. The zero-order valence-corrected chi connectivity index (χ0v) is 11.8. The predicted molar refractivity (Wildman–Crippen MR) is 78.4 cm³/mol. The van der Waals surface area contributed by atoms with Crippen LogP contribution in [0.5, 0.6) is 11.8 Å². The molecule has 9 nitrogen and oxygen atoms in total. The molecule has 4 aromatic heterocycles. The van der Waals surface area contributed by atoms with Gasteiger partial charge in [0.2, 0.25) is 11.8 Å². The van der Waals surface area contributed by atoms with Crippen molar-refractivity contribution < 1.29 is 4.74 Å². The third-order valence-corrected chi connectivity index (χ3v) is 2.93. The fraction of sp³-hybridized carbons (Fsp3) is 0. The zero-order valence-electron chi connectivity index (χ0n) is 11.8. The maximum Gasteiger partial charge on any atom is 0.223 e. The summed E-state index contributed by atoms with van der Waals surface area (Å²) in [7, 11) is 0. The third-order valence-electron chi connectivity index (χ3n) is 2.93. The maximum atomic E-state index is 5.71. The van der Waals surface area contributed by atoms with Crippen LogP contribution >= 0.6 is 0 Å². The lowest BCUT2D eigenvalue weighted by atomic mass is 10.4. The van der Waals surface area contributed by atoms with Gasteiger partial charge in [-0.25, -0.2) is 19.3 Å². The SMILES string of the molecule is c1cc(Oc2cccc(-n3cncn3)n2)nc(-n2cncn2)c1. The van der Waals surface area contributed by atoms with Gasteiger partial charge >= 0.3 is 0 Å². The van der Waals surface area contributed by atoms with Gasteiger partial charge in [0.25, 0.3) is 0 Å². The Morgan fingerprint density at radius 3 is 1.65 bits per heavy atom. The molecular formula is C14H10N8O. The lowest BCUT2D eigenvalue weighted by Gasteiger charge is -2.07. The smallest absolute Gasteiger partial charge is 0.223 e. The predicted octanol–water partition coefficient (Wildman–Crippen LogP) is 1.43. The van der Waals surface area contributed by atoms with Crippen LogP contribution in [0, 0.1) is 0 Å². The number of ether oxygens (including phenoxy) is 1. The summed E-state index contributed by atoms with van der Waals surface area (Å²) in [4.78, 5) is 16.5. The Hall–Kier alpha value is -3.62. The number of pyridine rings is 2. The number of rotatable bonds is 4. The van der Waals surface area contributed by atoms with E-state index in [1.165, 1.54) is 12.7 Å². The molecule has 0 aliphatic rings. The minimum atomic E-state index is 0.404. The van der Waals surface area contributed by atoms with E-state index in [2.05, 4.69) is 30.1 Å². The Balaban J connectivity index is 1.61. The zero-order chi connectivity index (χ0) is 15.5. The largest absolute Gasteiger partial charge is 0.421 e. The van der Waals surface area contributed by atoms with Crippen molar-refractivity contribution in [3.05, 3.63) is 61.7 Å². The van der Waals surface area contributed by atoms with E-state index in [9.17, 15) is 0 Å². The summed E-state index contributed by atoms with van der Waals surface area (Å²) < 4.78 is 8.81. The standard InChI is InChI=1S/C14H10N8O/c1-3-11(21-9-15-7-17-21)19-13(5-1)23-14-6-2-4-12(20-14)22-10-16-8-18-22/h1-10H. The highest BCUT2D eigenvalue weighted by molar-refractivity contribution is 5.30. The highest BCUT2D eigenvalue weighted by Gasteiger charge is 2.06. The summed E-state index contributed by atoms with van der Waals surface area (Å²) in [6.07, 6.45) is 6.02. The molecule has 0 bridgehead atoms. The van der Waals surface area contributed by atoms with E-state index in [0.717, 1.165) is 0 Å². The molecule has 0 saturated carbocycles. The van der Waals surface area contributed by atoms with Crippen molar-refractivity contribution in [2.24, 2.45) is 0 Å². The molecule has 0 fully saturated rings. The van der Waals surface area contributed by atoms with Gasteiger partial charge in [0.05, 0.1) is 0 Å². The molecule has 0 N–H and O–H groups in total. The van der Waals surface area contributed by atoms with Crippen molar-refractivity contribution in [1.29, 1.82) is 0 Å². The summed E-state index contributed by atoms with van der Waals surface area (Å²) in [5, 5.41) is 8.07. The fourth-order valence-electron chi connectivity index (χ4n) is 1.94. The molecule has 0 amide bonds. The highest BCUT2D eigenvalue weighted by Crippen LogP contribution is 2.19. The van der Waals surface area contributed by atoms with E-state index >= 15 is 0 Å². The molecule has 0 radical (unpaired) electrons. The fourth-order valence-corrected chi connectivity index (χ4v) is 1.94. The van der Waals surface area contributed by atoms with Crippen molar-refractivity contribution in [1.82, 2.24) is 39.5 Å². The normalized spacial score (nSPS) is 10.6. The maximum absolute atomic E-state index is 5.71. The molecule has 23 heavy (non-hydrogen) atoms. The molecule has 4 rings (SSSR count). The van der Waals surface area contributed by atoms with Gasteiger partial charge in [-0.05, 0) is 12.1 Å². The molecule has 0 aliphatic heterocycles. The van der Waals surface area contributed by atoms with Crippen LogP contribution in [0.3, 0.4) is 0 Å². The van der Waals surface area contributed by atoms with Crippen molar-refractivity contribution in [2.75, 3.05) is 0 Å². The lowest BCUT2D eigenvalue weighted by Crippen LogP contribution is -2.01. The van der Waals surface area contributed by atoms with Gasteiger partial charge in [0, 0.05) is 12.1 Å². The van der Waals surface area contributed by atoms with Crippen LogP contribution in [-0.2, 0) is 0 Å². The number of aromatic nitrogens is 8. The second-order valence-electron chi connectivity index (χ2n) is 4.45. The Morgan fingerprint density at radius 2 is 1.22 bits per heavy atom. The molecule has 0 saturated heterocycles. The van der Waals surface area contributed by atoms with Crippen LogP contribution in [0.4, 0.5) is 0 Å². The van der Waals surface area contributed by atoms with Gasteiger partial charge in [-0.2, -0.15) is 20.2 Å². The topological polar surface area (TPSA) is 96.4 Å². The molecule has 112 valence electrons. The average Bonchev–Trinajstić information content (AvgIpc) is 3.29. The Kier molecular flexibility index (Phi) is 3.20. The van der Waals surface area contributed by atoms with Crippen LogP contribution < -0.4 is 4.74 Å². The Bertz CT molecular complexity index is 828. The average molecular weight is 306 g/mol. The van der Waals surface area contributed by atoms with Crippen LogP contribution in [0.2, 0.25) is 0 Å². The summed E-state index contributed by atoms with van der Waals surface area (Å²) in [6.45, 7) is 0. The van der Waals surface area contributed by atoms with Gasteiger partial charge in [-0.1, -0.05) is 12.1 Å². The molecule has 0 spiro atoms. The second kappa shape index (κ2) is 5.64. The van der Waals surface area contributed by atoms with Crippen molar-refractivity contribution >= 4 is 0 Å².